The second-order valence-electron chi connectivity index (χ2n) is 8.05. The highest BCUT2D eigenvalue weighted by Gasteiger charge is 2.53. The highest BCUT2D eigenvalue weighted by Crippen LogP contribution is 2.49. The number of rotatable bonds is 2. The van der Waals surface area contributed by atoms with Gasteiger partial charge in [0.15, 0.2) is 16.7 Å². The molecule has 28 heavy (non-hydrogen) atoms. The van der Waals surface area contributed by atoms with Crippen molar-refractivity contribution < 1.29 is 14.3 Å². The number of carbonyl (C=O) groups excluding carboxylic acids is 2. The summed E-state index contributed by atoms with van der Waals surface area (Å²) in [6.07, 6.45) is 2.50. The molecule has 1 aromatic heterocycles. The number of hydrogen-bond acceptors (Lipinski definition) is 5. The zero-order valence-corrected chi connectivity index (χ0v) is 16.7. The minimum Gasteiger partial charge on any atom is -0.483 e. The summed E-state index contributed by atoms with van der Waals surface area (Å²) in [4.78, 5) is 33.1. The zero-order chi connectivity index (χ0) is 19.4. The molecular formula is C22H22N2O3S. The highest BCUT2D eigenvalue weighted by molar-refractivity contribution is 7.14. The first-order valence-electron chi connectivity index (χ1n) is 9.80. The van der Waals surface area contributed by atoms with E-state index in [-0.39, 0.29) is 29.5 Å². The van der Waals surface area contributed by atoms with Crippen molar-refractivity contribution in [2.45, 2.75) is 45.3 Å². The molecule has 0 radical (unpaired) electrons. The number of anilines is 1. The van der Waals surface area contributed by atoms with Gasteiger partial charge in [-0.1, -0.05) is 37.3 Å². The zero-order valence-electron chi connectivity index (χ0n) is 15.9. The molecule has 6 heteroatoms. The molecule has 0 spiro atoms. The van der Waals surface area contributed by atoms with Crippen molar-refractivity contribution in [2.75, 3.05) is 4.90 Å². The number of hydrogen-bond donors (Lipinski definition) is 0. The maximum atomic E-state index is 13.6. The van der Waals surface area contributed by atoms with Gasteiger partial charge in [0.25, 0.3) is 5.91 Å². The first-order chi connectivity index (χ1) is 13.5. The fourth-order valence-electron chi connectivity index (χ4n) is 4.68. The second-order valence-corrected chi connectivity index (χ2v) is 8.88. The van der Waals surface area contributed by atoms with E-state index >= 15 is 0 Å². The van der Waals surface area contributed by atoms with Crippen LogP contribution in [0.2, 0.25) is 0 Å². The topological polar surface area (TPSA) is 59.5 Å². The first kappa shape index (κ1) is 17.6. The Hall–Kier alpha value is -2.47. The van der Waals surface area contributed by atoms with Crippen LogP contribution in [0.15, 0.2) is 47.0 Å². The molecule has 3 heterocycles. The third kappa shape index (κ3) is 2.62. The molecule has 2 aliphatic heterocycles. The Labute approximate surface area is 168 Å². The molecule has 1 fully saturated rings. The molecule has 1 amide bonds. The minimum absolute atomic E-state index is 0.0794. The summed E-state index contributed by atoms with van der Waals surface area (Å²) in [7, 11) is 0. The Kier molecular flexibility index (Phi) is 4.12. The van der Waals surface area contributed by atoms with Crippen LogP contribution in [0, 0.1) is 18.8 Å². The van der Waals surface area contributed by atoms with Gasteiger partial charge in [-0.2, -0.15) is 0 Å². The maximum absolute atomic E-state index is 13.6. The van der Waals surface area contributed by atoms with Crippen LogP contribution in [-0.2, 0) is 14.3 Å². The second kappa shape index (κ2) is 6.55. The normalized spacial score (nSPS) is 29.6. The molecule has 4 atom stereocenters. The van der Waals surface area contributed by atoms with Crippen LogP contribution in [-0.4, -0.2) is 22.8 Å². The summed E-state index contributed by atoms with van der Waals surface area (Å²) in [6.45, 7) is 4.09. The molecule has 144 valence electrons. The van der Waals surface area contributed by atoms with Crippen molar-refractivity contribution in [1.82, 2.24) is 4.98 Å². The first-order valence-corrected chi connectivity index (χ1v) is 10.7. The number of aromatic nitrogens is 1. The van der Waals surface area contributed by atoms with Crippen LogP contribution in [0.25, 0.3) is 0 Å². The Balaban J connectivity index is 1.64. The van der Waals surface area contributed by atoms with Crippen molar-refractivity contribution in [3.63, 3.8) is 0 Å². The number of nitrogens with zero attached hydrogens (tertiary/aromatic N) is 2. The molecule has 3 aliphatic rings. The smallest absolute Gasteiger partial charge is 0.296 e. The molecular weight excluding hydrogens is 372 g/mol. The lowest BCUT2D eigenvalue weighted by molar-refractivity contribution is -0.132. The van der Waals surface area contributed by atoms with E-state index in [4.69, 9.17) is 4.74 Å². The van der Waals surface area contributed by atoms with Crippen LogP contribution in [0.3, 0.4) is 0 Å². The Bertz CT molecular complexity index is 981. The van der Waals surface area contributed by atoms with E-state index in [2.05, 4.69) is 11.9 Å². The summed E-state index contributed by atoms with van der Waals surface area (Å²) < 4.78 is 6.20. The number of benzene rings is 1. The number of ether oxygens (including phenoxy) is 1. The van der Waals surface area contributed by atoms with Gasteiger partial charge in [-0.25, -0.2) is 4.98 Å². The van der Waals surface area contributed by atoms with Gasteiger partial charge < -0.3 is 4.74 Å². The van der Waals surface area contributed by atoms with E-state index in [0.29, 0.717) is 16.6 Å². The maximum Gasteiger partial charge on any atom is 0.296 e. The number of ketones is 1. The lowest BCUT2D eigenvalue weighted by Gasteiger charge is -2.37. The lowest BCUT2D eigenvalue weighted by atomic mass is 9.74. The molecule has 1 aromatic carbocycles. The molecule has 0 saturated heterocycles. The molecule has 2 aromatic rings. The van der Waals surface area contributed by atoms with E-state index in [1.54, 1.807) is 4.90 Å². The molecule has 4 unspecified atom stereocenters. The van der Waals surface area contributed by atoms with Gasteiger partial charge >= 0.3 is 0 Å². The van der Waals surface area contributed by atoms with Gasteiger partial charge in [0.2, 0.25) is 0 Å². The van der Waals surface area contributed by atoms with Crippen molar-refractivity contribution in [1.29, 1.82) is 0 Å². The predicted molar refractivity (Wildman–Crippen MR) is 107 cm³/mol. The number of amides is 1. The van der Waals surface area contributed by atoms with Gasteiger partial charge in [-0.3, -0.25) is 14.5 Å². The largest absolute Gasteiger partial charge is 0.483 e. The third-order valence-corrected chi connectivity index (χ3v) is 7.00. The number of carbonyl (C=O) groups is 2. The highest BCUT2D eigenvalue weighted by atomic mass is 32.1. The Morgan fingerprint density at radius 3 is 2.68 bits per heavy atom. The van der Waals surface area contributed by atoms with Gasteiger partial charge in [-0.15, -0.1) is 11.3 Å². The number of thiazole rings is 1. The summed E-state index contributed by atoms with van der Waals surface area (Å²) in [6, 6.07) is 9.26. The van der Waals surface area contributed by atoms with Crippen molar-refractivity contribution in [2.24, 2.45) is 11.8 Å². The summed E-state index contributed by atoms with van der Waals surface area (Å²) in [5.74, 6) is 0.419. The minimum atomic E-state index is -0.472. The Morgan fingerprint density at radius 2 is 1.96 bits per heavy atom. The number of aryl methyl sites for hydroxylation is 1. The average Bonchev–Trinajstić information content (AvgIpc) is 3.24. The molecule has 5 rings (SSSR count). The summed E-state index contributed by atoms with van der Waals surface area (Å²) in [5.41, 5.74) is 2.28. The van der Waals surface area contributed by atoms with Crippen LogP contribution in [0.4, 0.5) is 5.13 Å². The van der Waals surface area contributed by atoms with Crippen molar-refractivity contribution in [3.8, 4) is 0 Å². The quantitative estimate of drug-likeness (QED) is 0.766. The van der Waals surface area contributed by atoms with E-state index in [1.165, 1.54) is 11.3 Å². The van der Waals surface area contributed by atoms with Gasteiger partial charge in [-0.05, 0) is 37.7 Å². The van der Waals surface area contributed by atoms with Crippen LogP contribution in [0.5, 0.6) is 0 Å². The third-order valence-electron chi connectivity index (χ3n) is 6.04. The standard InChI is InChI=1S/C22H22N2O3S/c1-12-8-9-16-15(10-12)19(25)17-18(14-6-4-3-5-7-14)24(21(26)20(17)27-16)22-23-13(2)11-28-22/h3-7,11-12,15-16,18H,8-10H2,1-2H3. The van der Waals surface area contributed by atoms with E-state index in [0.717, 1.165) is 30.5 Å². The van der Waals surface area contributed by atoms with Crippen LogP contribution < -0.4 is 4.90 Å². The molecule has 0 bridgehead atoms. The van der Waals surface area contributed by atoms with E-state index < -0.39 is 6.04 Å². The molecule has 1 saturated carbocycles. The molecule has 5 nitrogen and oxygen atoms in total. The number of Topliss-reactive ketones (excluding diaryl/α,β-unsaturated/α-hetero) is 1. The van der Waals surface area contributed by atoms with Crippen molar-refractivity contribution in [3.05, 3.63) is 58.3 Å². The number of fused-ring (bicyclic) bond motifs is 1. The summed E-state index contributed by atoms with van der Waals surface area (Å²) in [5, 5.41) is 2.53. The van der Waals surface area contributed by atoms with Gasteiger partial charge in [0.1, 0.15) is 6.10 Å². The summed E-state index contributed by atoms with van der Waals surface area (Å²) >= 11 is 1.42. The fraction of sp³-hybridized carbons (Fsp3) is 0.409. The fourth-order valence-corrected chi connectivity index (χ4v) is 5.50. The SMILES string of the molecule is Cc1csc(N2C(=O)C3=C(C(=O)C4CC(C)CCC4O3)C2c2ccccc2)n1. The van der Waals surface area contributed by atoms with Crippen molar-refractivity contribution >= 4 is 28.2 Å². The Morgan fingerprint density at radius 1 is 1.18 bits per heavy atom. The predicted octanol–water partition coefficient (Wildman–Crippen LogP) is 4.20. The molecule has 0 N–H and O–H groups in total. The van der Waals surface area contributed by atoms with Gasteiger partial charge in [0.05, 0.1) is 23.2 Å². The van der Waals surface area contributed by atoms with Crippen LogP contribution >= 0.6 is 11.3 Å². The monoisotopic (exact) mass is 394 g/mol. The lowest BCUT2D eigenvalue weighted by Crippen LogP contribution is -2.41. The molecule has 1 aliphatic carbocycles. The average molecular weight is 394 g/mol. The van der Waals surface area contributed by atoms with Crippen LogP contribution in [0.1, 0.15) is 43.5 Å². The van der Waals surface area contributed by atoms with Gasteiger partial charge in [0, 0.05) is 5.38 Å². The van der Waals surface area contributed by atoms with E-state index in [1.807, 2.05) is 42.6 Å². The van der Waals surface area contributed by atoms with E-state index in [9.17, 15) is 9.59 Å².